The molecule has 5 heteroatoms. The molecule has 2 heterocycles. The third-order valence-corrected chi connectivity index (χ3v) is 4.76. The summed E-state index contributed by atoms with van der Waals surface area (Å²) in [7, 11) is 0. The molecule has 0 unspecified atom stereocenters. The maximum absolute atomic E-state index is 12.1. The Morgan fingerprint density at radius 1 is 1.24 bits per heavy atom. The highest BCUT2D eigenvalue weighted by molar-refractivity contribution is 6.04. The van der Waals surface area contributed by atoms with Crippen molar-refractivity contribution >= 4 is 22.4 Å². The van der Waals surface area contributed by atoms with Crippen molar-refractivity contribution in [3.63, 3.8) is 0 Å². The van der Waals surface area contributed by atoms with Crippen molar-refractivity contribution in [3.05, 3.63) is 54.5 Å². The van der Waals surface area contributed by atoms with Crippen LogP contribution in [0.15, 0.2) is 48.8 Å². The summed E-state index contributed by atoms with van der Waals surface area (Å²) in [4.78, 5) is 19.4. The maximum atomic E-state index is 12.1. The number of hydrogen-bond donors (Lipinski definition) is 2. The van der Waals surface area contributed by atoms with Crippen LogP contribution in [0.5, 0.6) is 5.88 Å². The van der Waals surface area contributed by atoms with Gasteiger partial charge in [0.1, 0.15) is 5.69 Å². The molecule has 1 fully saturated rings. The minimum absolute atomic E-state index is 0.156. The molecule has 2 aromatic heterocycles. The van der Waals surface area contributed by atoms with E-state index in [9.17, 15) is 4.79 Å². The second-order valence-electron chi connectivity index (χ2n) is 6.55. The lowest BCUT2D eigenvalue weighted by atomic mass is 10.1. The first-order chi connectivity index (χ1) is 12.3. The van der Waals surface area contributed by atoms with E-state index in [-0.39, 0.29) is 5.91 Å². The SMILES string of the molecule is O=C(Nc1ccc2c(OCC3CCCC3)nccc2c1)c1ccc[nH]1. The van der Waals surface area contributed by atoms with E-state index in [0.29, 0.717) is 17.5 Å². The van der Waals surface area contributed by atoms with Crippen molar-refractivity contribution in [1.29, 1.82) is 0 Å². The van der Waals surface area contributed by atoms with Crippen molar-refractivity contribution in [3.8, 4) is 5.88 Å². The Hall–Kier alpha value is -2.82. The van der Waals surface area contributed by atoms with E-state index in [1.165, 1.54) is 25.7 Å². The van der Waals surface area contributed by atoms with E-state index in [0.717, 1.165) is 23.1 Å². The fourth-order valence-electron chi connectivity index (χ4n) is 3.39. The minimum atomic E-state index is -0.156. The molecule has 1 aromatic carbocycles. The molecule has 3 aromatic rings. The van der Waals surface area contributed by atoms with Crippen molar-refractivity contribution in [2.45, 2.75) is 25.7 Å². The number of carbonyl (C=O) groups excluding carboxylic acids is 1. The monoisotopic (exact) mass is 335 g/mol. The summed E-state index contributed by atoms with van der Waals surface area (Å²) in [5.74, 6) is 1.17. The van der Waals surface area contributed by atoms with Crippen molar-refractivity contribution in [1.82, 2.24) is 9.97 Å². The van der Waals surface area contributed by atoms with Gasteiger partial charge in [0.2, 0.25) is 5.88 Å². The number of rotatable bonds is 5. The van der Waals surface area contributed by atoms with Gasteiger partial charge < -0.3 is 15.0 Å². The van der Waals surface area contributed by atoms with Crippen LogP contribution in [-0.2, 0) is 0 Å². The average Bonchev–Trinajstić information content (AvgIpc) is 3.33. The van der Waals surface area contributed by atoms with Crippen LogP contribution in [0, 0.1) is 5.92 Å². The normalized spacial score (nSPS) is 14.7. The predicted octanol–water partition coefficient (Wildman–Crippen LogP) is 4.38. The molecule has 1 amide bonds. The van der Waals surface area contributed by atoms with E-state index >= 15 is 0 Å². The smallest absolute Gasteiger partial charge is 0.272 e. The molecule has 1 aliphatic rings. The Morgan fingerprint density at radius 2 is 2.12 bits per heavy atom. The highest BCUT2D eigenvalue weighted by Crippen LogP contribution is 2.29. The minimum Gasteiger partial charge on any atom is -0.477 e. The van der Waals surface area contributed by atoms with Gasteiger partial charge >= 0.3 is 0 Å². The largest absolute Gasteiger partial charge is 0.477 e. The lowest BCUT2D eigenvalue weighted by Crippen LogP contribution is -2.12. The number of fused-ring (bicyclic) bond motifs is 1. The van der Waals surface area contributed by atoms with Crippen molar-refractivity contribution < 1.29 is 9.53 Å². The zero-order valence-electron chi connectivity index (χ0n) is 14.0. The molecule has 1 aliphatic carbocycles. The number of hydrogen-bond acceptors (Lipinski definition) is 3. The highest BCUT2D eigenvalue weighted by Gasteiger charge is 2.16. The summed E-state index contributed by atoms with van der Waals surface area (Å²) < 4.78 is 5.98. The molecule has 2 N–H and O–H groups in total. The Bertz CT molecular complexity index is 868. The standard InChI is InChI=1S/C20H21N3O2/c24-19(18-6-3-10-21-18)23-16-7-8-17-15(12-16)9-11-22-20(17)25-13-14-4-1-2-5-14/h3,6-12,14,21H,1-2,4-5,13H2,(H,23,24). The number of anilines is 1. The van der Waals surface area contributed by atoms with Crippen LogP contribution in [-0.4, -0.2) is 22.5 Å². The van der Waals surface area contributed by atoms with Crippen LogP contribution in [0.2, 0.25) is 0 Å². The molecule has 0 saturated heterocycles. The zero-order valence-corrected chi connectivity index (χ0v) is 14.0. The first-order valence-corrected chi connectivity index (χ1v) is 8.76. The second kappa shape index (κ2) is 6.97. The summed E-state index contributed by atoms with van der Waals surface area (Å²) in [6.45, 7) is 0.734. The second-order valence-corrected chi connectivity index (χ2v) is 6.55. The Morgan fingerprint density at radius 3 is 2.92 bits per heavy atom. The van der Waals surface area contributed by atoms with Crippen LogP contribution in [0.1, 0.15) is 36.2 Å². The number of nitrogens with one attached hydrogen (secondary N) is 2. The van der Waals surface area contributed by atoms with Crippen LogP contribution in [0.4, 0.5) is 5.69 Å². The number of nitrogens with zero attached hydrogens (tertiary/aromatic N) is 1. The zero-order chi connectivity index (χ0) is 17.1. The van der Waals surface area contributed by atoms with E-state index in [4.69, 9.17) is 4.74 Å². The molecule has 0 spiro atoms. The van der Waals surface area contributed by atoms with Crippen LogP contribution in [0.25, 0.3) is 10.8 Å². The van der Waals surface area contributed by atoms with Gasteiger partial charge in [-0.25, -0.2) is 4.98 Å². The number of benzene rings is 1. The fourth-order valence-corrected chi connectivity index (χ4v) is 3.39. The number of pyridine rings is 1. The van der Waals surface area contributed by atoms with Gasteiger partial charge in [-0.05, 0) is 60.5 Å². The number of H-pyrrole nitrogens is 1. The van der Waals surface area contributed by atoms with Crippen LogP contribution < -0.4 is 10.1 Å². The Kier molecular flexibility index (Phi) is 4.37. The van der Waals surface area contributed by atoms with Crippen LogP contribution in [0.3, 0.4) is 0 Å². The molecule has 128 valence electrons. The average molecular weight is 335 g/mol. The third-order valence-electron chi connectivity index (χ3n) is 4.76. The van der Waals surface area contributed by atoms with Crippen molar-refractivity contribution in [2.75, 3.05) is 11.9 Å². The van der Waals surface area contributed by atoms with E-state index in [2.05, 4.69) is 15.3 Å². The summed E-state index contributed by atoms with van der Waals surface area (Å²) >= 11 is 0. The van der Waals surface area contributed by atoms with Gasteiger partial charge in [-0.3, -0.25) is 4.79 Å². The van der Waals surface area contributed by atoms with Crippen LogP contribution >= 0.6 is 0 Å². The lowest BCUT2D eigenvalue weighted by molar-refractivity contribution is 0.102. The van der Waals surface area contributed by atoms with E-state index in [1.807, 2.05) is 24.3 Å². The van der Waals surface area contributed by atoms with Gasteiger partial charge in [0.05, 0.1) is 6.61 Å². The van der Waals surface area contributed by atoms with Gasteiger partial charge in [0.25, 0.3) is 5.91 Å². The topological polar surface area (TPSA) is 67.0 Å². The van der Waals surface area contributed by atoms with Gasteiger partial charge in [-0.1, -0.05) is 12.8 Å². The Balaban J connectivity index is 1.51. The summed E-state index contributed by atoms with van der Waals surface area (Å²) in [5, 5.41) is 4.87. The van der Waals surface area contributed by atoms with Gasteiger partial charge in [-0.2, -0.15) is 0 Å². The van der Waals surface area contributed by atoms with Crippen molar-refractivity contribution in [2.24, 2.45) is 5.92 Å². The van der Waals surface area contributed by atoms with Gasteiger partial charge in [-0.15, -0.1) is 0 Å². The molecular formula is C20H21N3O2. The quantitative estimate of drug-likeness (QED) is 0.727. The first kappa shape index (κ1) is 15.7. The number of ether oxygens (including phenoxy) is 1. The number of aromatic amines is 1. The van der Waals surface area contributed by atoms with E-state index in [1.54, 1.807) is 24.5 Å². The number of carbonyl (C=O) groups is 1. The number of aromatic nitrogens is 2. The molecule has 25 heavy (non-hydrogen) atoms. The van der Waals surface area contributed by atoms with Gasteiger partial charge in [0.15, 0.2) is 0 Å². The molecule has 5 nitrogen and oxygen atoms in total. The third kappa shape index (κ3) is 3.50. The molecule has 0 bridgehead atoms. The molecular weight excluding hydrogens is 314 g/mol. The molecule has 1 saturated carbocycles. The lowest BCUT2D eigenvalue weighted by Gasteiger charge is -2.13. The Labute approximate surface area is 146 Å². The summed E-state index contributed by atoms with van der Waals surface area (Å²) in [6, 6.07) is 11.3. The summed E-state index contributed by atoms with van der Waals surface area (Å²) in [5.41, 5.74) is 1.29. The van der Waals surface area contributed by atoms with Gasteiger partial charge in [0, 0.05) is 23.5 Å². The number of amides is 1. The predicted molar refractivity (Wildman–Crippen MR) is 97.9 cm³/mol. The van der Waals surface area contributed by atoms with E-state index < -0.39 is 0 Å². The molecule has 4 rings (SSSR count). The molecule has 0 radical (unpaired) electrons. The summed E-state index contributed by atoms with van der Waals surface area (Å²) in [6.07, 6.45) is 8.60. The highest BCUT2D eigenvalue weighted by atomic mass is 16.5. The maximum Gasteiger partial charge on any atom is 0.272 e. The first-order valence-electron chi connectivity index (χ1n) is 8.76. The fraction of sp³-hybridized carbons (Fsp3) is 0.300. The molecule has 0 aliphatic heterocycles. The molecule has 0 atom stereocenters.